The predicted molar refractivity (Wildman–Crippen MR) is 199 cm³/mol. The maximum Gasteiger partial charge on any atom is 0.146 e. The van der Waals surface area contributed by atoms with Crippen LogP contribution in [-0.2, 0) is 0 Å². The van der Waals surface area contributed by atoms with Crippen LogP contribution in [0, 0.1) is 0 Å². The fourth-order valence-electron chi connectivity index (χ4n) is 7.21. The molecule has 0 radical (unpaired) electrons. The van der Waals surface area contributed by atoms with Crippen LogP contribution in [0.1, 0.15) is 0 Å². The summed E-state index contributed by atoms with van der Waals surface area (Å²) in [6.07, 6.45) is 0. The summed E-state index contributed by atoms with van der Waals surface area (Å²) < 4.78 is 4.56. The van der Waals surface area contributed by atoms with E-state index in [-0.39, 0.29) is 0 Å². The topological polar surface area (TPSA) is 35.1 Å². The van der Waals surface area contributed by atoms with Crippen molar-refractivity contribution in [1.29, 1.82) is 0 Å². The van der Waals surface area contributed by atoms with Gasteiger partial charge in [-0.15, -0.1) is 0 Å². The molecule has 3 heterocycles. The second-order valence-corrected chi connectivity index (χ2v) is 12.3. The molecular weight excluding hydrogens is 585 g/mol. The van der Waals surface area contributed by atoms with Gasteiger partial charge in [0.2, 0.25) is 0 Å². The van der Waals surface area contributed by atoms with Crippen molar-refractivity contribution in [3.63, 3.8) is 0 Å². The smallest absolute Gasteiger partial charge is 0.146 e. The number of nitrogens with zero attached hydrogens (tertiary/aromatic N) is 4. The Hall–Kier alpha value is -6.52. The van der Waals surface area contributed by atoms with Crippen LogP contribution in [0.25, 0.3) is 88.7 Å². The summed E-state index contributed by atoms with van der Waals surface area (Å²) in [5.74, 6) is 0.938. The molecule has 0 saturated heterocycles. The van der Waals surface area contributed by atoms with E-state index in [1.165, 1.54) is 38.4 Å². The lowest BCUT2D eigenvalue weighted by molar-refractivity contribution is 1.10. The monoisotopic (exact) mass is 612 g/mol. The van der Waals surface area contributed by atoms with Crippen LogP contribution in [0.3, 0.4) is 0 Å². The minimum absolute atomic E-state index is 0.938. The molecule has 3 aromatic heterocycles. The van der Waals surface area contributed by atoms with Gasteiger partial charge in [0.15, 0.2) is 0 Å². The minimum Gasteiger partial charge on any atom is -0.292 e. The van der Waals surface area contributed by atoms with E-state index in [9.17, 15) is 0 Å². The third-order valence-electron chi connectivity index (χ3n) is 9.53. The molecule has 10 aromatic rings. The van der Waals surface area contributed by atoms with Crippen LogP contribution < -0.4 is 0 Å². The molecule has 10 rings (SSSR count). The second kappa shape index (κ2) is 10.5. The number of hydrogen-bond acceptors (Lipinski definition) is 2. The highest BCUT2D eigenvalue weighted by Crippen LogP contribution is 2.36. The van der Waals surface area contributed by atoms with Gasteiger partial charge in [-0.25, -0.2) is 9.97 Å². The number of hydrogen-bond donors (Lipinski definition) is 0. The zero-order valence-corrected chi connectivity index (χ0v) is 26.0. The van der Waals surface area contributed by atoms with Crippen LogP contribution in [0.4, 0.5) is 0 Å². The lowest BCUT2D eigenvalue weighted by atomic mass is 9.97. The van der Waals surface area contributed by atoms with Crippen LogP contribution in [0.2, 0.25) is 0 Å². The van der Waals surface area contributed by atoms with Gasteiger partial charge < -0.3 is 0 Å². The third-order valence-corrected chi connectivity index (χ3v) is 9.53. The number of imidazole rings is 2. The van der Waals surface area contributed by atoms with Gasteiger partial charge in [-0.1, -0.05) is 127 Å². The van der Waals surface area contributed by atoms with Crippen LogP contribution in [0.5, 0.6) is 0 Å². The molecule has 0 aliphatic rings. The molecular formula is C44H28N4. The average molecular weight is 613 g/mol. The molecule has 7 aromatic carbocycles. The molecule has 0 atom stereocenters. The van der Waals surface area contributed by atoms with Crippen molar-refractivity contribution >= 4 is 49.4 Å². The molecule has 0 saturated carbocycles. The SMILES string of the molecule is c1ccc(-n2c(-c3ccc(-c4ccc(-c5ccc6c7ccccc7c7nc8ccccc8n7c6c5)cc4)cc3)nc3ccccc32)cc1. The molecule has 0 spiro atoms. The van der Waals surface area contributed by atoms with Crippen molar-refractivity contribution in [3.8, 4) is 39.3 Å². The van der Waals surface area contributed by atoms with Gasteiger partial charge in [0.25, 0.3) is 0 Å². The summed E-state index contributed by atoms with van der Waals surface area (Å²) in [7, 11) is 0. The number of aromatic nitrogens is 4. The Labute approximate surface area is 276 Å². The Morgan fingerprint density at radius 3 is 1.62 bits per heavy atom. The number of rotatable bonds is 4. The first-order valence-electron chi connectivity index (χ1n) is 16.3. The second-order valence-electron chi connectivity index (χ2n) is 12.3. The zero-order chi connectivity index (χ0) is 31.6. The lowest BCUT2D eigenvalue weighted by Gasteiger charge is -2.12. The molecule has 48 heavy (non-hydrogen) atoms. The highest BCUT2D eigenvalue weighted by atomic mass is 15.1. The molecule has 0 aliphatic heterocycles. The van der Waals surface area contributed by atoms with E-state index < -0.39 is 0 Å². The molecule has 0 N–H and O–H groups in total. The van der Waals surface area contributed by atoms with Gasteiger partial charge in [0.1, 0.15) is 11.5 Å². The molecule has 0 bridgehead atoms. The summed E-state index contributed by atoms with van der Waals surface area (Å²) in [4.78, 5) is 10.1. The van der Waals surface area contributed by atoms with Gasteiger partial charge in [0, 0.05) is 22.0 Å². The van der Waals surface area contributed by atoms with E-state index in [0.29, 0.717) is 0 Å². The van der Waals surface area contributed by atoms with E-state index >= 15 is 0 Å². The first-order chi connectivity index (χ1) is 23.8. The number of benzene rings is 7. The van der Waals surface area contributed by atoms with Gasteiger partial charge >= 0.3 is 0 Å². The number of pyridine rings is 1. The summed E-state index contributed by atoms with van der Waals surface area (Å²) in [5.41, 5.74) is 13.3. The van der Waals surface area contributed by atoms with Crippen molar-refractivity contribution in [2.45, 2.75) is 0 Å². The highest BCUT2D eigenvalue weighted by Gasteiger charge is 2.16. The van der Waals surface area contributed by atoms with Crippen molar-refractivity contribution < 1.29 is 0 Å². The van der Waals surface area contributed by atoms with E-state index in [4.69, 9.17) is 9.97 Å². The van der Waals surface area contributed by atoms with E-state index in [1.54, 1.807) is 0 Å². The standard InChI is InChI=1S/C44H28N4/c1-2-10-34(11-3-1)47-40-16-8-6-14-38(40)45-43(47)32-24-22-30(23-25-32)29-18-20-31(21-19-29)33-26-27-36-35-12-4-5-13-37(35)44-46-39-15-7-9-17-41(39)48(44)42(36)28-33/h1-28H. The molecule has 224 valence electrons. The first-order valence-corrected chi connectivity index (χ1v) is 16.3. The van der Waals surface area contributed by atoms with E-state index in [2.05, 4.69) is 167 Å². The molecule has 0 amide bonds. The van der Waals surface area contributed by atoms with Gasteiger partial charge in [-0.05, 0) is 70.1 Å². The molecule has 4 nitrogen and oxygen atoms in total. The molecule has 0 fully saturated rings. The molecule has 0 unspecified atom stereocenters. The molecule has 4 heteroatoms. The zero-order valence-electron chi connectivity index (χ0n) is 26.0. The predicted octanol–water partition coefficient (Wildman–Crippen LogP) is 11.1. The van der Waals surface area contributed by atoms with Gasteiger partial charge in [-0.3, -0.25) is 8.97 Å². The summed E-state index contributed by atoms with van der Waals surface area (Å²) in [5, 5.41) is 3.61. The van der Waals surface area contributed by atoms with Crippen LogP contribution in [-0.4, -0.2) is 18.9 Å². The summed E-state index contributed by atoms with van der Waals surface area (Å²) in [6, 6.07) is 60.2. The largest absolute Gasteiger partial charge is 0.292 e. The first kappa shape index (κ1) is 26.7. The van der Waals surface area contributed by atoms with E-state index in [1.807, 2.05) is 12.1 Å². The Bertz CT molecular complexity index is 2810. The maximum absolute atomic E-state index is 5.06. The third kappa shape index (κ3) is 4.10. The van der Waals surface area contributed by atoms with Gasteiger partial charge in [-0.2, -0.15) is 0 Å². The quantitative estimate of drug-likeness (QED) is 0.185. The van der Waals surface area contributed by atoms with Crippen LogP contribution in [0.15, 0.2) is 170 Å². The fourth-order valence-corrected chi connectivity index (χ4v) is 7.21. The summed E-state index contributed by atoms with van der Waals surface area (Å²) >= 11 is 0. The number of fused-ring (bicyclic) bond motifs is 9. The van der Waals surface area contributed by atoms with Crippen molar-refractivity contribution in [1.82, 2.24) is 18.9 Å². The Kier molecular flexibility index (Phi) is 5.84. The van der Waals surface area contributed by atoms with Crippen molar-refractivity contribution in [2.75, 3.05) is 0 Å². The van der Waals surface area contributed by atoms with Crippen molar-refractivity contribution in [2.24, 2.45) is 0 Å². The van der Waals surface area contributed by atoms with Crippen molar-refractivity contribution in [3.05, 3.63) is 170 Å². The van der Waals surface area contributed by atoms with E-state index in [0.717, 1.165) is 50.3 Å². The van der Waals surface area contributed by atoms with Gasteiger partial charge in [0.05, 0.1) is 27.6 Å². The lowest BCUT2D eigenvalue weighted by Crippen LogP contribution is -1.97. The van der Waals surface area contributed by atoms with Crippen LogP contribution >= 0.6 is 0 Å². The Balaban J connectivity index is 1.03. The molecule has 0 aliphatic carbocycles. The Morgan fingerprint density at radius 1 is 0.354 bits per heavy atom. The highest BCUT2D eigenvalue weighted by molar-refractivity contribution is 6.14. The normalized spacial score (nSPS) is 11.8. The number of para-hydroxylation sites is 5. The minimum atomic E-state index is 0.938. The average Bonchev–Trinajstić information content (AvgIpc) is 3.75. The summed E-state index contributed by atoms with van der Waals surface area (Å²) in [6.45, 7) is 0. The maximum atomic E-state index is 5.06. The fraction of sp³-hybridized carbons (Fsp3) is 0. The Morgan fingerprint density at radius 2 is 0.896 bits per heavy atom.